The number of nitrogens with zero attached hydrogens (tertiary/aromatic N) is 3. The Balaban J connectivity index is 1.44. The number of H-pyrrole nitrogens is 1. The fourth-order valence-corrected chi connectivity index (χ4v) is 4.86. The summed E-state index contributed by atoms with van der Waals surface area (Å²) in [5.41, 5.74) is 0.749. The second-order valence-electron chi connectivity index (χ2n) is 9.34. The summed E-state index contributed by atoms with van der Waals surface area (Å²) in [5.74, 6) is -1.37. The van der Waals surface area contributed by atoms with E-state index in [2.05, 4.69) is 35.9 Å². The number of Topliss-reactive ketones (excluding diaryl/α,β-unsaturated/α-hetero) is 1. The number of hydrogen-bond acceptors (Lipinski definition) is 7. The van der Waals surface area contributed by atoms with E-state index in [1.807, 2.05) is 18.2 Å². The zero-order valence-electron chi connectivity index (χ0n) is 19.0. The largest absolute Gasteiger partial charge is 0.440 e. The van der Waals surface area contributed by atoms with Crippen molar-refractivity contribution in [2.24, 2.45) is 5.92 Å². The third-order valence-electron chi connectivity index (χ3n) is 6.23. The molecule has 2 N–H and O–H groups in total. The summed E-state index contributed by atoms with van der Waals surface area (Å²) in [6, 6.07) is 5.56. The number of halogens is 3. The molecule has 0 amide bonds. The minimum absolute atomic E-state index is 0.0211. The van der Waals surface area contributed by atoms with Crippen molar-refractivity contribution < 1.29 is 27.5 Å². The van der Waals surface area contributed by atoms with Crippen LogP contribution in [-0.2, 0) is 12.0 Å². The van der Waals surface area contributed by atoms with Crippen LogP contribution in [0.2, 0.25) is 0 Å². The third kappa shape index (κ3) is 4.66. The first-order chi connectivity index (χ1) is 16.6. The van der Waals surface area contributed by atoms with Crippen LogP contribution in [0.1, 0.15) is 84.9 Å². The van der Waals surface area contributed by atoms with Crippen molar-refractivity contribution in [3.05, 3.63) is 63.6 Å². The molecule has 184 valence electrons. The van der Waals surface area contributed by atoms with Crippen LogP contribution < -0.4 is 0 Å². The van der Waals surface area contributed by atoms with Gasteiger partial charge in [0.25, 0.3) is 6.43 Å². The maximum atomic E-state index is 13.6. The Morgan fingerprint density at radius 3 is 2.86 bits per heavy atom. The first-order valence-electron chi connectivity index (χ1n) is 11.2. The van der Waals surface area contributed by atoms with E-state index >= 15 is 0 Å². The molecule has 1 aliphatic carbocycles. The third-order valence-corrected chi connectivity index (χ3v) is 6.72. The average Bonchev–Trinajstić information content (AvgIpc) is 3.50. The van der Waals surface area contributed by atoms with Crippen molar-refractivity contribution >= 4 is 32.8 Å². The van der Waals surface area contributed by atoms with E-state index in [-0.39, 0.29) is 24.1 Å². The normalized spacial score (nSPS) is 18.7. The zero-order valence-corrected chi connectivity index (χ0v) is 20.6. The number of fused-ring (bicyclic) bond motifs is 2. The number of imidazole rings is 1. The Morgan fingerprint density at radius 1 is 1.31 bits per heavy atom. The summed E-state index contributed by atoms with van der Waals surface area (Å²) in [7, 11) is 0. The van der Waals surface area contributed by atoms with Crippen LogP contribution >= 0.6 is 15.9 Å². The molecule has 1 aliphatic rings. The molecule has 8 nitrogen and oxygen atoms in total. The highest BCUT2D eigenvalue weighted by atomic mass is 79.9. The lowest BCUT2D eigenvalue weighted by Gasteiger charge is -2.17. The number of aromatic nitrogens is 4. The van der Waals surface area contributed by atoms with Gasteiger partial charge in [0.2, 0.25) is 17.6 Å². The van der Waals surface area contributed by atoms with Gasteiger partial charge in [0.1, 0.15) is 11.1 Å². The standard InChI is InChI=1S/C24H23BrF2N4O4/c1-24(2,33)23-31-19(21(26)27)20(35-23)16(32)8-11-3-5-14-18(29-10-28-14)13(7-11)22-30-15-9-12(25)4-6-17(15)34-22/h4,6,9-11,13,21,33H,3,5,7-8H2,1-2H3,(H,28,29)/t11?,13-/m0/s1. The van der Waals surface area contributed by atoms with E-state index in [9.17, 15) is 18.7 Å². The summed E-state index contributed by atoms with van der Waals surface area (Å²) in [6.45, 7) is 2.72. The second-order valence-corrected chi connectivity index (χ2v) is 10.3. The maximum Gasteiger partial charge on any atom is 0.284 e. The van der Waals surface area contributed by atoms with Crippen molar-refractivity contribution in [1.29, 1.82) is 0 Å². The fourth-order valence-electron chi connectivity index (χ4n) is 4.51. The highest BCUT2D eigenvalue weighted by Gasteiger charge is 2.36. The number of ketones is 1. The lowest BCUT2D eigenvalue weighted by Crippen LogP contribution is -2.16. The molecule has 5 rings (SSSR count). The van der Waals surface area contributed by atoms with Gasteiger partial charge in [-0.1, -0.05) is 15.9 Å². The van der Waals surface area contributed by atoms with Gasteiger partial charge in [-0.15, -0.1) is 0 Å². The van der Waals surface area contributed by atoms with Crippen LogP contribution in [0.4, 0.5) is 8.78 Å². The number of carbonyl (C=O) groups is 1. The van der Waals surface area contributed by atoms with Gasteiger partial charge in [-0.3, -0.25) is 4.79 Å². The Morgan fingerprint density at radius 2 is 2.11 bits per heavy atom. The number of hydrogen-bond donors (Lipinski definition) is 2. The molecular weight excluding hydrogens is 526 g/mol. The minimum atomic E-state index is -3.00. The van der Waals surface area contributed by atoms with E-state index in [1.54, 1.807) is 6.33 Å². The molecule has 1 aromatic carbocycles. The van der Waals surface area contributed by atoms with E-state index in [0.29, 0.717) is 36.3 Å². The van der Waals surface area contributed by atoms with Crippen LogP contribution in [0.25, 0.3) is 11.1 Å². The molecule has 0 spiro atoms. The highest BCUT2D eigenvalue weighted by molar-refractivity contribution is 9.10. The molecular formula is C24H23BrF2N4O4. The molecule has 0 fully saturated rings. The molecule has 0 radical (unpaired) electrons. The molecule has 2 atom stereocenters. The molecule has 0 saturated heterocycles. The van der Waals surface area contributed by atoms with E-state index < -0.39 is 29.3 Å². The van der Waals surface area contributed by atoms with Gasteiger partial charge in [-0.25, -0.2) is 23.7 Å². The van der Waals surface area contributed by atoms with Gasteiger partial charge in [0.05, 0.1) is 17.9 Å². The summed E-state index contributed by atoms with van der Waals surface area (Å²) < 4.78 is 39.4. The van der Waals surface area contributed by atoms with Crippen LogP contribution in [0.5, 0.6) is 0 Å². The van der Waals surface area contributed by atoms with Gasteiger partial charge in [-0.05, 0) is 57.2 Å². The predicted molar refractivity (Wildman–Crippen MR) is 124 cm³/mol. The average molecular weight is 549 g/mol. The van der Waals surface area contributed by atoms with E-state index in [4.69, 9.17) is 8.83 Å². The van der Waals surface area contributed by atoms with Crippen LogP contribution in [0.3, 0.4) is 0 Å². The molecule has 0 aliphatic heterocycles. The van der Waals surface area contributed by atoms with E-state index in [0.717, 1.165) is 15.9 Å². The quantitative estimate of drug-likeness (QED) is 0.230. The topological polar surface area (TPSA) is 118 Å². The van der Waals surface area contributed by atoms with Gasteiger partial charge in [-0.2, -0.15) is 0 Å². The van der Waals surface area contributed by atoms with Crippen molar-refractivity contribution in [3.8, 4) is 0 Å². The van der Waals surface area contributed by atoms with Crippen molar-refractivity contribution in [2.45, 2.75) is 57.5 Å². The highest BCUT2D eigenvalue weighted by Crippen LogP contribution is 2.40. The molecule has 1 unspecified atom stereocenters. The van der Waals surface area contributed by atoms with Crippen molar-refractivity contribution in [2.75, 3.05) is 0 Å². The lowest BCUT2D eigenvalue weighted by molar-refractivity contribution is 0.0466. The van der Waals surface area contributed by atoms with Crippen LogP contribution in [0.15, 0.2) is 37.8 Å². The van der Waals surface area contributed by atoms with Gasteiger partial charge < -0.3 is 18.9 Å². The Labute approximate surface area is 207 Å². The molecule has 3 heterocycles. The molecule has 0 saturated carbocycles. The number of oxazole rings is 2. The SMILES string of the molecule is CC(C)(O)c1nc(C(F)F)c(C(=O)CC2CCc3[nH]cnc3[C@@H](c3nc4cc(Br)ccc4o3)C2)o1. The smallest absolute Gasteiger partial charge is 0.284 e. The van der Waals surface area contributed by atoms with E-state index in [1.165, 1.54) is 13.8 Å². The number of benzene rings is 1. The number of aliphatic hydroxyl groups is 1. The summed E-state index contributed by atoms with van der Waals surface area (Å²) in [6.07, 6.45) is 0.381. The molecule has 4 aromatic rings. The number of aromatic amines is 1. The first kappa shape index (κ1) is 23.8. The summed E-state index contributed by atoms with van der Waals surface area (Å²) >= 11 is 3.44. The number of carbonyl (C=O) groups excluding carboxylic acids is 1. The zero-order chi connectivity index (χ0) is 24.9. The van der Waals surface area contributed by atoms with Gasteiger partial charge in [0, 0.05) is 16.6 Å². The number of alkyl halides is 2. The number of nitrogens with one attached hydrogen (secondary N) is 1. The maximum absolute atomic E-state index is 13.6. The number of aryl methyl sites for hydroxylation is 1. The summed E-state index contributed by atoms with van der Waals surface area (Å²) in [5, 5.41) is 10.1. The van der Waals surface area contributed by atoms with Gasteiger partial charge >= 0.3 is 0 Å². The molecule has 3 aromatic heterocycles. The summed E-state index contributed by atoms with van der Waals surface area (Å²) in [4.78, 5) is 29.1. The Bertz CT molecular complexity index is 1390. The minimum Gasteiger partial charge on any atom is -0.440 e. The monoisotopic (exact) mass is 548 g/mol. The predicted octanol–water partition coefficient (Wildman–Crippen LogP) is 5.82. The molecule has 0 bridgehead atoms. The lowest BCUT2D eigenvalue weighted by atomic mass is 9.88. The molecule has 35 heavy (non-hydrogen) atoms. The number of rotatable bonds is 6. The second kappa shape index (κ2) is 8.94. The Hall–Kier alpha value is -2.92. The van der Waals surface area contributed by atoms with Crippen molar-refractivity contribution in [1.82, 2.24) is 19.9 Å². The van der Waals surface area contributed by atoms with Crippen LogP contribution in [-0.4, -0.2) is 30.8 Å². The van der Waals surface area contributed by atoms with Gasteiger partial charge in [0.15, 0.2) is 17.0 Å². The Kier molecular flexibility index (Phi) is 6.08. The first-order valence-corrected chi connectivity index (χ1v) is 12.0. The van der Waals surface area contributed by atoms with Crippen LogP contribution in [0, 0.1) is 5.92 Å². The molecule has 11 heteroatoms. The van der Waals surface area contributed by atoms with Crippen molar-refractivity contribution in [3.63, 3.8) is 0 Å². The fraction of sp³-hybridized carbons (Fsp3) is 0.417.